The molecule has 1 amide bonds. The van der Waals surface area contributed by atoms with Crippen LogP contribution in [0.3, 0.4) is 0 Å². The molecule has 1 N–H and O–H groups in total. The van der Waals surface area contributed by atoms with Gasteiger partial charge in [-0.05, 0) is 48.9 Å². The van der Waals surface area contributed by atoms with Crippen LogP contribution in [0, 0.1) is 11.6 Å². The molecule has 26 heavy (non-hydrogen) atoms. The van der Waals surface area contributed by atoms with Gasteiger partial charge in [0.15, 0.2) is 0 Å². The van der Waals surface area contributed by atoms with Gasteiger partial charge < -0.3 is 9.84 Å². The van der Waals surface area contributed by atoms with E-state index in [9.17, 15) is 13.6 Å². The summed E-state index contributed by atoms with van der Waals surface area (Å²) in [7, 11) is 0. The number of hydrogen-bond donors (Lipinski definition) is 1. The van der Waals surface area contributed by atoms with E-state index in [0.29, 0.717) is 17.3 Å². The first-order chi connectivity index (χ1) is 12.5. The molecule has 3 rings (SSSR count). The summed E-state index contributed by atoms with van der Waals surface area (Å²) < 4.78 is 31.0. The Labute approximate surface area is 149 Å². The Morgan fingerprint density at radius 3 is 2.35 bits per heavy atom. The van der Waals surface area contributed by atoms with Crippen LogP contribution in [0.25, 0.3) is 11.4 Å². The Kier molecular flexibility index (Phi) is 5.36. The molecule has 0 radical (unpaired) electrons. The first-order valence-electron chi connectivity index (χ1n) is 8.14. The van der Waals surface area contributed by atoms with Crippen molar-refractivity contribution in [2.45, 2.75) is 25.8 Å². The quantitative estimate of drug-likeness (QED) is 0.728. The summed E-state index contributed by atoms with van der Waals surface area (Å²) in [5, 5.41) is 6.67. The SMILES string of the molecule is C[C@@H](NC(=O)CCc1nc(-c2ccc(F)cc2)no1)c1ccc(F)cc1. The molecule has 0 aliphatic carbocycles. The summed E-state index contributed by atoms with van der Waals surface area (Å²) in [4.78, 5) is 16.3. The lowest BCUT2D eigenvalue weighted by atomic mass is 10.1. The molecule has 0 bridgehead atoms. The number of carbonyl (C=O) groups excluding carboxylic acids is 1. The summed E-state index contributed by atoms with van der Waals surface area (Å²) in [5.41, 5.74) is 1.45. The van der Waals surface area contributed by atoms with Crippen molar-refractivity contribution in [1.29, 1.82) is 0 Å². The summed E-state index contributed by atoms with van der Waals surface area (Å²) in [6.07, 6.45) is 0.465. The predicted octanol–water partition coefficient (Wildman–Crippen LogP) is 3.82. The fraction of sp³-hybridized carbons (Fsp3) is 0.211. The standard InChI is InChI=1S/C19H17F2N3O2/c1-12(13-2-6-15(20)7-3-13)22-17(25)10-11-18-23-19(24-26-18)14-4-8-16(21)9-5-14/h2-9,12H,10-11H2,1H3,(H,22,25)/t12-/m1/s1. The maximum atomic E-state index is 12.9. The highest BCUT2D eigenvalue weighted by Gasteiger charge is 2.13. The van der Waals surface area contributed by atoms with E-state index in [1.54, 1.807) is 24.3 Å². The first kappa shape index (κ1) is 17.7. The van der Waals surface area contributed by atoms with Crippen molar-refractivity contribution in [2.75, 3.05) is 0 Å². The second kappa shape index (κ2) is 7.86. The van der Waals surface area contributed by atoms with Gasteiger partial charge in [0.25, 0.3) is 0 Å². The van der Waals surface area contributed by atoms with Crippen molar-refractivity contribution in [1.82, 2.24) is 15.5 Å². The zero-order chi connectivity index (χ0) is 18.5. The van der Waals surface area contributed by atoms with Crippen LogP contribution in [0.5, 0.6) is 0 Å². The minimum absolute atomic E-state index is 0.177. The van der Waals surface area contributed by atoms with Gasteiger partial charge in [-0.1, -0.05) is 17.3 Å². The van der Waals surface area contributed by atoms with E-state index in [4.69, 9.17) is 4.52 Å². The van der Waals surface area contributed by atoms with Crippen LogP contribution in [0.4, 0.5) is 8.78 Å². The predicted molar refractivity (Wildman–Crippen MR) is 91.0 cm³/mol. The van der Waals surface area contributed by atoms with E-state index in [-0.39, 0.29) is 36.4 Å². The Morgan fingerprint density at radius 2 is 1.69 bits per heavy atom. The average Bonchev–Trinajstić information content (AvgIpc) is 3.10. The maximum Gasteiger partial charge on any atom is 0.227 e. The van der Waals surface area contributed by atoms with Crippen LogP contribution >= 0.6 is 0 Å². The maximum absolute atomic E-state index is 12.9. The van der Waals surface area contributed by atoms with E-state index in [2.05, 4.69) is 15.5 Å². The second-order valence-electron chi connectivity index (χ2n) is 5.86. The van der Waals surface area contributed by atoms with Crippen LogP contribution in [0.2, 0.25) is 0 Å². The van der Waals surface area contributed by atoms with E-state index in [1.165, 1.54) is 24.3 Å². The lowest BCUT2D eigenvalue weighted by Crippen LogP contribution is -2.26. The molecular weight excluding hydrogens is 340 g/mol. The van der Waals surface area contributed by atoms with Crippen LogP contribution < -0.4 is 5.32 Å². The summed E-state index contributed by atoms with van der Waals surface area (Å²) in [6, 6.07) is 11.5. The molecule has 0 aliphatic rings. The van der Waals surface area contributed by atoms with Crippen molar-refractivity contribution in [3.05, 3.63) is 71.6 Å². The number of carbonyl (C=O) groups is 1. The average molecular weight is 357 g/mol. The molecule has 1 aromatic heterocycles. The van der Waals surface area contributed by atoms with Crippen LogP contribution in [0.1, 0.15) is 30.8 Å². The molecule has 0 fully saturated rings. The van der Waals surface area contributed by atoms with Gasteiger partial charge in [0.05, 0.1) is 6.04 Å². The van der Waals surface area contributed by atoms with Gasteiger partial charge in [-0.15, -0.1) is 0 Å². The number of benzene rings is 2. The number of halogens is 2. The third kappa shape index (κ3) is 4.50. The number of rotatable bonds is 6. The van der Waals surface area contributed by atoms with Crippen molar-refractivity contribution >= 4 is 5.91 Å². The normalized spacial score (nSPS) is 12.0. The second-order valence-corrected chi connectivity index (χ2v) is 5.86. The summed E-state index contributed by atoms with van der Waals surface area (Å²) >= 11 is 0. The van der Waals surface area contributed by atoms with E-state index >= 15 is 0 Å². The third-order valence-electron chi connectivity index (χ3n) is 3.88. The van der Waals surface area contributed by atoms with Crippen LogP contribution in [0.15, 0.2) is 53.1 Å². The van der Waals surface area contributed by atoms with Gasteiger partial charge in [0, 0.05) is 18.4 Å². The molecule has 0 saturated carbocycles. The van der Waals surface area contributed by atoms with E-state index in [0.717, 1.165) is 5.56 Å². The van der Waals surface area contributed by atoms with Gasteiger partial charge in [0.1, 0.15) is 11.6 Å². The van der Waals surface area contributed by atoms with E-state index in [1.807, 2.05) is 6.92 Å². The molecule has 3 aromatic rings. The Bertz CT molecular complexity index is 877. The Morgan fingerprint density at radius 1 is 1.08 bits per heavy atom. The number of amides is 1. The van der Waals surface area contributed by atoms with Crippen molar-refractivity contribution < 1.29 is 18.1 Å². The summed E-state index contributed by atoms with van der Waals surface area (Å²) in [6.45, 7) is 1.82. The van der Waals surface area contributed by atoms with Gasteiger partial charge >= 0.3 is 0 Å². The highest BCUT2D eigenvalue weighted by atomic mass is 19.1. The van der Waals surface area contributed by atoms with Crippen LogP contribution in [-0.4, -0.2) is 16.0 Å². The lowest BCUT2D eigenvalue weighted by molar-refractivity contribution is -0.121. The number of nitrogens with zero attached hydrogens (tertiary/aromatic N) is 2. The molecule has 1 heterocycles. The molecule has 1 atom stereocenters. The zero-order valence-electron chi connectivity index (χ0n) is 14.1. The van der Waals surface area contributed by atoms with Gasteiger partial charge in [-0.2, -0.15) is 4.98 Å². The number of aryl methyl sites for hydroxylation is 1. The molecule has 5 nitrogen and oxygen atoms in total. The molecule has 7 heteroatoms. The largest absolute Gasteiger partial charge is 0.350 e. The fourth-order valence-corrected chi connectivity index (χ4v) is 2.44. The van der Waals surface area contributed by atoms with Crippen molar-refractivity contribution in [3.63, 3.8) is 0 Å². The Balaban J connectivity index is 1.53. The topological polar surface area (TPSA) is 68.0 Å². The van der Waals surface area contributed by atoms with Crippen molar-refractivity contribution in [2.24, 2.45) is 0 Å². The first-order valence-corrected chi connectivity index (χ1v) is 8.14. The number of hydrogen-bond acceptors (Lipinski definition) is 4. The highest BCUT2D eigenvalue weighted by Crippen LogP contribution is 2.17. The number of nitrogens with one attached hydrogen (secondary N) is 1. The fourth-order valence-electron chi connectivity index (χ4n) is 2.44. The van der Waals surface area contributed by atoms with Gasteiger partial charge in [-0.3, -0.25) is 4.79 Å². The monoisotopic (exact) mass is 357 g/mol. The molecule has 0 saturated heterocycles. The minimum Gasteiger partial charge on any atom is -0.350 e. The molecule has 0 unspecified atom stereocenters. The van der Waals surface area contributed by atoms with Crippen LogP contribution in [-0.2, 0) is 11.2 Å². The Hall–Kier alpha value is -3.09. The third-order valence-corrected chi connectivity index (χ3v) is 3.88. The molecule has 0 aliphatic heterocycles. The van der Waals surface area contributed by atoms with E-state index < -0.39 is 0 Å². The molecular formula is C19H17F2N3O2. The minimum atomic E-state index is -0.343. The molecule has 0 spiro atoms. The number of aromatic nitrogens is 2. The van der Waals surface area contributed by atoms with Gasteiger partial charge in [0.2, 0.25) is 17.6 Å². The summed E-state index contributed by atoms with van der Waals surface area (Å²) in [5.74, 6) is -0.164. The smallest absolute Gasteiger partial charge is 0.227 e. The molecule has 2 aromatic carbocycles. The molecule has 134 valence electrons. The lowest BCUT2D eigenvalue weighted by Gasteiger charge is -2.13. The zero-order valence-corrected chi connectivity index (χ0v) is 14.1. The highest BCUT2D eigenvalue weighted by molar-refractivity contribution is 5.76. The van der Waals surface area contributed by atoms with Crippen molar-refractivity contribution in [3.8, 4) is 11.4 Å². The van der Waals surface area contributed by atoms with Gasteiger partial charge in [-0.25, -0.2) is 8.78 Å².